The third kappa shape index (κ3) is 8.69. The number of nitrogens with zero attached hydrogens (tertiary/aromatic N) is 3. The summed E-state index contributed by atoms with van der Waals surface area (Å²) in [4.78, 5) is 27.5. The molecular weight excluding hydrogens is 619 g/mol. The predicted octanol–water partition coefficient (Wildman–Crippen LogP) is 11.2. The number of benzene rings is 5. The molecule has 1 aromatic heterocycles. The number of carbonyl (C=O) groups excluding carboxylic acids is 1. The Morgan fingerprint density at radius 1 is 0.580 bits per heavy atom. The van der Waals surface area contributed by atoms with Gasteiger partial charge in [0.05, 0.1) is 17.2 Å². The number of esters is 1. The Hall–Kier alpha value is -5.62. The summed E-state index contributed by atoms with van der Waals surface area (Å²) in [6, 6.07) is 41.3. The topological polar surface area (TPSA) is 85.2 Å². The number of phenols is 1. The number of ether oxygens (including phenoxy) is 1. The van der Waals surface area contributed by atoms with Crippen molar-refractivity contribution in [1.29, 1.82) is 0 Å². The smallest absolute Gasteiger partial charge is 0.338 e. The third-order valence-electron chi connectivity index (χ3n) is 8.88. The highest BCUT2D eigenvalue weighted by Gasteiger charge is 2.18. The summed E-state index contributed by atoms with van der Waals surface area (Å²) in [7, 11) is 0. The van der Waals surface area contributed by atoms with Crippen LogP contribution in [0.4, 0.5) is 0 Å². The van der Waals surface area contributed by atoms with E-state index in [1.807, 2.05) is 91.9 Å². The molecule has 0 amide bonds. The molecule has 1 N–H and O–H groups in total. The molecule has 6 nitrogen and oxygen atoms in total. The molecule has 0 radical (unpaired) electrons. The molecule has 0 aliphatic carbocycles. The van der Waals surface area contributed by atoms with E-state index < -0.39 is 5.97 Å². The third-order valence-corrected chi connectivity index (χ3v) is 8.88. The van der Waals surface area contributed by atoms with E-state index in [1.54, 1.807) is 12.1 Å². The second-order valence-corrected chi connectivity index (χ2v) is 12.7. The van der Waals surface area contributed by atoms with Crippen molar-refractivity contribution in [2.75, 3.05) is 0 Å². The maximum atomic E-state index is 13.0. The van der Waals surface area contributed by atoms with Gasteiger partial charge in [-0.3, -0.25) is 0 Å². The van der Waals surface area contributed by atoms with E-state index in [0.717, 1.165) is 52.6 Å². The van der Waals surface area contributed by atoms with E-state index in [-0.39, 0.29) is 17.4 Å². The van der Waals surface area contributed by atoms with Crippen LogP contribution in [0.3, 0.4) is 0 Å². The fraction of sp³-hybridized carbons (Fsp3) is 0.227. The molecule has 1 atom stereocenters. The second kappa shape index (κ2) is 16.7. The molecule has 0 spiro atoms. The number of unbranched alkanes of at least 4 members (excludes halogenated alkanes) is 5. The van der Waals surface area contributed by atoms with Crippen molar-refractivity contribution in [2.45, 2.75) is 64.9 Å². The van der Waals surface area contributed by atoms with Gasteiger partial charge in [0.2, 0.25) is 0 Å². The highest BCUT2D eigenvalue weighted by Crippen LogP contribution is 2.32. The Kier molecular flexibility index (Phi) is 11.4. The molecule has 5 aromatic carbocycles. The lowest BCUT2D eigenvalue weighted by Gasteiger charge is -2.14. The number of carbonyl (C=O) groups is 1. The number of hydrogen-bond acceptors (Lipinski definition) is 6. The maximum absolute atomic E-state index is 13.0. The maximum Gasteiger partial charge on any atom is 0.338 e. The first-order valence-electron chi connectivity index (χ1n) is 17.6. The Morgan fingerprint density at radius 2 is 1.04 bits per heavy atom. The lowest BCUT2D eigenvalue weighted by molar-refractivity contribution is 0.0319. The molecule has 0 aliphatic rings. The van der Waals surface area contributed by atoms with Gasteiger partial charge in [-0.25, -0.2) is 19.7 Å². The fourth-order valence-electron chi connectivity index (χ4n) is 6.01. The van der Waals surface area contributed by atoms with Gasteiger partial charge in [0, 0.05) is 11.1 Å². The monoisotopic (exact) mass is 661 g/mol. The summed E-state index contributed by atoms with van der Waals surface area (Å²) in [5.74, 6) is 0.689. The van der Waals surface area contributed by atoms with Crippen molar-refractivity contribution < 1.29 is 14.6 Å². The normalized spacial score (nSPS) is 11.6. The van der Waals surface area contributed by atoms with Crippen molar-refractivity contribution in [3.63, 3.8) is 0 Å². The van der Waals surface area contributed by atoms with Crippen LogP contribution in [-0.2, 0) is 4.74 Å². The minimum Gasteiger partial charge on any atom is -0.507 e. The van der Waals surface area contributed by atoms with Crippen molar-refractivity contribution in [1.82, 2.24) is 15.0 Å². The van der Waals surface area contributed by atoms with Crippen LogP contribution in [0.1, 0.15) is 69.2 Å². The first-order valence-corrected chi connectivity index (χ1v) is 17.6. The summed E-state index contributed by atoms with van der Waals surface area (Å²) in [6.45, 7) is 4.13. The number of phenolic OH excluding ortho intramolecular Hbond substituents is 1. The molecule has 6 heteroatoms. The van der Waals surface area contributed by atoms with E-state index in [0.29, 0.717) is 23.0 Å². The van der Waals surface area contributed by atoms with Crippen LogP contribution in [0.2, 0.25) is 0 Å². The van der Waals surface area contributed by atoms with Crippen LogP contribution in [0.15, 0.2) is 127 Å². The first-order chi connectivity index (χ1) is 24.5. The van der Waals surface area contributed by atoms with E-state index in [4.69, 9.17) is 19.7 Å². The zero-order valence-electron chi connectivity index (χ0n) is 28.8. The van der Waals surface area contributed by atoms with Gasteiger partial charge in [-0.1, -0.05) is 148 Å². The highest BCUT2D eigenvalue weighted by atomic mass is 16.5. The molecule has 6 rings (SSSR count). The van der Waals surface area contributed by atoms with Crippen LogP contribution in [-0.4, -0.2) is 32.1 Å². The average Bonchev–Trinajstić information content (AvgIpc) is 3.17. The molecule has 50 heavy (non-hydrogen) atoms. The number of aromatic nitrogens is 3. The van der Waals surface area contributed by atoms with Crippen molar-refractivity contribution in [2.24, 2.45) is 0 Å². The lowest BCUT2D eigenvalue weighted by Crippen LogP contribution is -2.15. The Morgan fingerprint density at radius 3 is 1.56 bits per heavy atom. The Bertz CT molecular complexity index is 1890. The van der Waals surface area contributed by atoms with Crippen LogP contribution in [0, 0.1) is 0 Å². The first kappa shape index (κ1) is 34.3. The molecule has 0 aliphatic heterocycles. The number of aromatic hydroxyl groups is 1. The average molecular weight is 662 g/mol. The van der Waals surface area contributed by atoms with Crippen LogP contribution < -0.4 is 0 Å². The molecule has 252 valence electrons. The van der Waals surface area contributed by atoms with Gasteiger partial charge in [0.1, 0.15) is 5.75 Å². The van der Waals surface area contributed by atoms with Crippen molar-refractivity contribution in [3.8, 4) is 62.2 Å². The van der Waals surface area contributed by atoms with E-state index in [1.165, 1.54) is 31.7 Å². The van der Waals surface area contributed by atoms with Crippen molar-refractivity contribution in [3.05, 3.63) is 133 Å². The molecule has 1 heterocycles. The van der Waals surface area contributed by atoms with E-state index in [2.05, 4.69) is 31.2 Å². The lowest BCUT2D eigenvalue weighted by atomic mass is 10.0. The second-order valence-electron chi connectivity index (χ2n) is 12.7. The molecular formula is C44H43N3O3. The summed E-state index contributed by atoms with van der Waals surface area (Å²) >= 11 is 0. The van der Waals surface area contributed by atoms with Gasteiger partial charge >= 0.3 is 5.97 Å². The molecule has 6 aromatic rings. The van der Waals surface area contributed by atoms with Gasteiger partial charge in [0.15, 0.2) is 17.5 Å². The van der Waals surface area contributed by atoms with Gasteiger partial charge < -0.3 is 9.84 Å². The summed E-state index contributed by atoms with van der Waals surface area (Å²) < 4.78 is 5.71. The predicted molar refractivity (Wildman–Crippen MR) is 202 cm³/mol. The quantitative estimate of drug-likeness (QED) is 0.0923. The zero-order valence-corrected chi connectivity index (χ0v) is 28.8. The molecule has 1 unspecified atom stereocenters. The van der Waals surface area contributed by atoms with Crippen LogP contribution >= 0.6 is 0 Å². The molecule has 0 bridgehead atoms. The Balaban J connectivity index is 1.27. The molecule has 0 saturated heterocycles. The summed E-state index contributed by atoms with van der Waals surface area (Å²) in [5.41, 5.74) is 6.72. The SMILES string of the molecule is CCCCCCCCC(C)OC(=O)c1ccc(-c2nc(-c3ccc(-c4ccccc4)cc3)nc(-c3ccc(-c4ccccc4)cc3)n2)c(O)c1. The van der Waals surface area contributed by atoms with Gasteiger partial charge in [-0.2, -0.15) is 0 Å². The summed E-state index contributed by atoms with van der Waals surface area (Å²) in [6.07, 6.45) is 7.73. The minimum absolute atomic E-state index is 0.107. The number of hydrogen-bond donors (Lipinski definition) is 1. The standard InChI is InChI=1S/C44H43N3O3/c1-3-4-5-6-7-10-15-31(2)50-44(49)38-28-29-39(40(48)30-38)43-46-41(36-24-20-34(21-25-36)32-16-11-8-12-17-32)45-42(47-43)37-26-22-35(23-27-37)33-18-13-9-14-19-33/h8-9,11-14,16-31,48H,3-7,10,15H2,1-2H3. The Labute approximate surface area is 294 Å². The molecule has 0 fully saturated rings. The van der Waals surface area contributed by atoms with Crippen LogP contribution in [0.5, 0.6) is 5.75 Å². The van der Waals surface area contributed by atoms with E-state index >= 15 is 0 Å². The highest BCUT2D eigenvalue weighted by molar-refractivity contribution is 5.91. The fourth-order valence-corrected chi connectivity index (χ4v) is 6.01. The van der Waals surface area contributed by atoms with E-state index in [9.17, 15) is 9.90 Å². The summed E-state index contributed by atoms with van der Waals surface area (Å²) in [5, 5.41) is 11.2. The van der Waals surface area contributed by atoms with Gasteiger partial charge in [-0.05, 0) is 60.2 Å². The van der Waals surface area contributed by atoms with Gasteiger partial charge in [0.25, 0.3) is 0 Å². The van der Waals surface area contributed by atoms with Crippen LogP contribution in [0.25, 0.3) is 56.4 Å². The zero-order chi connectivity index (χ0) is 34.7. The van der Waals surface area contributed by atoms with Crippen molar-refractivity contribution >= 4 is 5.97 Å². The number of rotatable bonds is 14. The minimum atomic E-state index is -0.459. The van der Waals surface area contributed by atoms with Gasteiger partial charge in [-0.15, -0.1) is 0 Å². The largest absolute Gasteiger partial charge is 0.507 e. The molecule has 0 saturated carbocycles.